The Balaban J connectivity index is 0.615. The molecule has 19 aromatic rings. The Labute approximate surface area is 685 Å². The van der Waals surface area contributed by atoms with Crippen molar-refractivity contribution < 1.29 is 0 Å². The lowest BCUT2D eigenvalue weighted by atomic mass is 9.70. The molecule has 2 spiro atoms. The average Bonchev–Trinajstić information content (AvgIpc) is 1.51. The van der Waals surface area contributed by atoms with Crippen molar-refractivity contribution >= 4 is 76.4 Å². The number of benzene rings is 18. The summed E-state index contributed by atoms with van der Waals surface area (Å²) in [5.74, 6) is 0. The fraction of sp³-hybridized carbons (Fsp3) is 0.0702. The van der Waals surface area contributed by atoms with E-state index >= 15 is 0 Å². The van der Waals surface area contributed by atoms with Gasteiger partial charge in [-0.1, -0.05) is 319 Å². The maximum absolute atomic E-state index is 2.55. The first-order chi connectivity index (χ1) is 57.5. The molecule has 0 unspecified atom stereocenters. The summed E-state index contributed by atoms with van der Waals surface area (Å²) in [5, 5.41) is 4.97. The second kappa shape index (κ2) is 24.3. The van der Waals surface area contributed by atoms with Crippen LogP contribution in [0.4, 0.5) is 34.1 Å². The molecule has 548 valence electrons. The van der Waals surface area contributed by atoms with Crippen molar-refractivity contribution in [2.75, 3.05) is 9.80 Å². The van der Waals surface area contributed by atoms with Crippen LogP contribution in [0.5, 0.6) is 0 Å². The van der Waals surface area contributed by atoms with Gasteiger partial charge in [-0.05, 0) is 275 Å². The van der Waals surface area contributed by atoms with E-state index < -0.39 is 10.8 Å². The van der Waals surface area contributed by atoms with E-state index in [0.29, 0.717) is 0 Å². The third-order valence-corrected chi connectivity index (χ3v) is 28.7. The summed E-state index contributed by atoms with van der Waals surface area (Å²) in [6.45, 7) is 9.71. The Kier molecular flexibility index (Phi) is 13.8. The van der Waals surface area contributed by atoms with Gasteiger partial charge in [0.25, 0.3) is 0 Å². The lowest BCUT2D eigenvalue weighted by Crippen LogP contribution is -2.26. The van der Waals surface area contributed by atoms with E-state index in [1.54, 1.807) is 0 Å². The molecule has 0 atom stereocenters. The predicted molar refractivity (Wildman–Crippen MR) is 490 cm³/mol. The highest BCUT2D eigenvalue weighted by Crippen LogP contribution is 2.67. The van der Waals surface area contributed by atoms with E-state index in [1.165, 1.54) is 198 Å². The maximum atomic E-state index is 2.55. The summed E-state index contributed by atoms with van der Waals surface area (Å²) in [4.78, 5) is 5.05. The van der Waals surface area contributed by atoms with Crippen molar-refractivity contribution in [2.24, 2.45) is 0 Å². The van der Waals surface area contributed by atoms with Gasteiger partial charge in [-0.15, -0.1) is 11.3 Å². The Morgan fingerprint density at radius 2 is 0.547 bits per heavy atom. The van der Waals surface area contributed by atoms with E-state index in [4.69, 9.17) is 0 Å². The normalized spacial score (nSPS) is 14.6. The molecule has 0 fully saturated rings. The summed E-state index contributed by atoms with van der Waals surface area (Å²) in [5.41, 5.74) is 43.9. The summed E-state index contributed by atoms with van der Waals surface area (Å²) in [6, 6.07) is 149. The molecular weight excluding hydrogens is 1430 g/mol. The van der Waals surface area contributed by atoms with Gasteiger partial charge in [-0.2, -0.15) is 0 Å². The van der Waals surface area contributed by atoms with Crippen LogP contribution in [0.2, 0.25) is 0 Å². The third-order valence-electron chi connectivity index (χ3n) is 27.6. The lowest BCUT2D eigenvalue weighted by molar-refractivity contribution is 0.662. The Bertz CT molecular complexity index is 7450. The van der Waals surface area contributed by atoms with Gasteiger partial charge in [0.1, 0.15) is 0 Å². The fourth-order valence-corrected chi connectivity index (χ4v) is 23.8. The van der Waals surface area contributed by atoms with Crippen LogP contribution in [-0.4, -0.2) is 0 Å². The SMILES string of the molecule is CC1(C)c2ccccc2-c2cccc(-c3cccc(N(c4ccc5c(c4)C4(c6ccccc6-c6ccccc64)c4ccc(-c6ccc7c(c6)C(C)(C)c6c(-c8cccc(N(c9ccc%10c(c9)C9(c%11ccccc%11-c%11ccccc%119)c9ccccc9-%10)c9ccc%10sc%11ccccc%11c%10c9)c8)cccc6-7)cc4-5)c4ccc5ccccc5c4)c3)c21. The molecule has 6 aliphatic carbocycles. The van der Waals surface area contributed by atoms with Gasteiger partial charge in [0, 0.05) is 65.1 Å². The largest absolute Gasteiger partial charge is 0.310 e. The van der Waals surface area contributed by atoms with E-state index in [0.717, 1.165) is 34.1 Å². The molecule has 18 aromatic carbocycles. The fourth-order valence-electron chi connectivity index (χ4n) is 22.8. The summed E-state index contributed by atoms with van der Waals surface area (Å²) in [7, 11) is 0. The molecule has 3 heteroatoms. The summed E-state index contributed by atoms with van der Waals surface area (Å²) >= 11 is 1.87. The van der Waals surface area contributed by atoms with E-state index in [2.05, 4.69) is 426 Å². The maximum Gasteiger partial charge on any atom is 0.0726 e. The van der Waals surface area contributed by atoms with E-state index in [1.807, 2.05) is 11.3 Å². The Morgan fingerprint density at radius 1 is 0.188 bits per heavy atom. The standard InChI is InChI=1S/C114H76N2S/c1-111(2)97-42-14-7-36-88(97)93-40-23-38-81(109(93)111)73-27-21-29-75(62-73)115(77-52-49-69-25-5-6-26-70(69)61-77)79-54-58-91-95-64-71(51-59-103(95)114(106(91)68-79)100-45-17-10-33-85(100)86-34-11-18-46-101(86)114)72-50-56-90-94-41-24-39-82(110(94)112(3,4)104(90)65-72)74-28-22-30-76(63-74)116(78-55-60-108-96(66-78)92-37-13-20-48-107(92)117-108)80-53-57-89-87-35-12-19-47-102(87)113(105(89)67-80)98-43-15-8-31-83(98)84-32-9-16-44-99(84)113/h5-68H,1-4H3. The van der Waals surface area contributed by atoms with Crippen molar-refractivity contribution in [2.45, 2.75) is 49.4 Å². The van der Waals surface area contributed by atoms with Crippen LogP contribution in [0.15, 0.2) is 388 Å². The minimum absolute atomic E-state index is 0.178. The van der Waals surface area contributed by atoms with Crippen LogP contribution in [0.25, 0.3) is 131 Å². The number of nitrogens with zero attached hydrogens (tertiary/aromatic N) is 2. The van der Waals surface area contributed by atoms with Crippen LogP contribution in [0.1, 0.15) is 94.5 Å². The molecule has 0 radical (unpaired) electrons. The number of hydrogen-bond donors (Lipinski definition) is 0. The van der Waals surface area contributed by atoms with Crippen LogP contribution in [-0.2, 0) is 21.7 Å². The zero-order chi connectivity index (χ0) is 77.4. The quantitative estimate of drug-likeness (QED) is 0.142. The lowest BCUT2D eigenvalue weighted by Gasteiger charge is -2.32. The van der Waals surface area contributed by atoms with Gasteiger partial charge in [0.2, 0.25) is 0 Å². The number of anilines is 6. The van der Waals surface area contributed by atoms with Gasteiger partial charge in [-0.3, -0.25) is 0 Å². The van der Waals surface area contributed by atoms with Gasteiger partial charge in [0.15, 0.2) is 0 Å². The molecule has 6 aliphatic rings. The molecule has 1 heterocycles. The molecule has 0 aliphatic heterocycles. The van der Waals surface area contributed by atoms with Gasteiger partial charge in [-0.25, -0.2) is 0 Å². The first-order valence-corrected chi connectivity index (χ1v) is 42.0. The molecule has 0 N–H and O–H groups in total. The van der Waals surface area contributed by atoms with Gasteiger partial charge in [0.05, 0.1) is 10.8 Å². The van der Waals surface area contributed by atoms with Crippen LogP contribution >= 0.6 is 11.3 Å². The first kappa shape index (κ1) is 66.5. The Morgan fingerprint density at radius 3 is 1.11 bits per heavy atom. The number of hydrogen-bond acceptors (Lipinski definition) is 3. The first-order valence-electron chi connectivity index (χ1n) is 41.2. The summed E-state index contributed by atoms with van der Waals surface area (Å²) < 4.78 is 2.58. The van der Waals surface area contributed by atoms with Crippen molar-refractivity contribution in [3.05, 3.63) is 455 Å². The van der Waals surface area contributed by atoms with Crippen LogP contribution in [0.3, 0.4) is 0 Å². The van der Waals surface area contributed by atoms with Crippen molar-refractivity contribution in [3.63, 3.8) is 0 Å². The zero-order valence-electron chi connectivity index (χ0n) is 65.3. The van der Waals surface area contributed by atoms with Crippen LogP contribution in [0, 0.1) is 0 Å². The monoisotopic (exact) mass is 1500 g/mol. The minimum atomic E-state index is -0.598. The van der Waals surface area contributed by atoms with Gasteiger partial charge >= 0.3 is 0 Å². The molecule has 2 nitrogen and oxygen atoms in total. The molecule has 117 heavy (non-hydrogen) atoms. The number of fused-ring (bicyclic) bond motifs is 30. The van der Waals surface area contributed by atoms with E-state index in [9.17, 15) is 0 Å². The molecule has 0 amide bonds. The highest BCUT2D eigenvalue weighted by atomic mass is 32.1. The smallest absolute Gasteiger partial charge is 0.0726 e. The van der Waals surface area contributed by atoms with Gasteiger partial charge < -0.3 is 9.80 Å². The highest BCUT2D eigenvalue weighted by Gasteiger charge is 2.54. The molecular formula is C114H76N2S. The Hall–Kier alpha value is -14.0. The topological polar surface area (TPSA) is 6.48 Å². The second-order valence-electron chi connectivity index (χ2n) is 34.0. The molecule has 1 aromatic heterocycles. The summed E-state index contributed by atoms with van der Waals surface area (Å²) in [6.07, 6.45) is 0. The third kappa shape index (κ3) is 9.04. The highest BCUT2D eigenvalue weighted by molar-refractivity contribution is 7.25. The zero-order valence-corrected chi connectivity index (χ0v) is 66.1. The van der Waals surface area contributed by atoms with Crippen molar-refractivity contribution in [3.8, 4) is 100 Å². The molecule has 25 rings (SSSR count). The molecule has 0 bridgehead atoms. The van der Waals surface area contributed by atoms with E-state index in [-0.39, 0.29) is 10.8 Å². The average molecular weight is 1510 g/mol. The van der Waals surface area contributed by atoms with Crippen molar-refractivity contribution in [1.82, 2.24) is 0 Å². The predicted octanol–water partition coefficient (Wildman–Crippen LogP) is 30.4. The molecule has 0 saturated carbocycles. The number of thiophene rings is 1. The molecule has 0 saturated heterocycles. The van der Waals surface area contributed by atoms with Crippen molar-refractivity contribution in [1.29, 1.82) is 0 Å². The number of rotatable bonds is 9. The second-order valence-corrected chi connectivity index (χ2v) is 35.1. The minimum Gasteiger partial charge on any atom is -0.310 e. The van der Waals surface area contributed by atoms with Crippen LogP contribution < -0.4 is 9.80 Å².